The smallest absolute Gasteiger partial charge is 0.299 e. The largest absolute Gasteiger partial charge is 0.432 e. The van der Waals surface area contributed by atoms with Crippen molar-refractivity contribution in [1.29, 1.82) is 0 Å². The molecule has 0 aliphatic carbocycles. The Hall–Kier alpha value is -2.34. The van der Waals surface area contributed by atoms with Crippen LogP contribution in [0.1, 0.15) is 16.1 Å². The summed E-state index contributed by atoms with van der Waals surface area (Å²) in [4.78, 5) is 15.0. The van der Waals surface area contributed by atoms with E-state index in [0.717, 1.165) is 5.69 Å². The van der Waals surface area contributed by atoms with Crippen LogP contribution in [-0.2, 0) is 6.54 Å². The lowest BCUT2D eigenvalue weighted by atomic mass is 10.2. The quantitative estimate of drug-likeness (QED) is 0.728. The van der Waals surface area contributed by atoms with E-state index >= 15 is 0 Å². The number of amides is 1. The third kappa shape index (κ3) is 2.61. The first-order valence-corrected chi connectivity index (χ1v) is 5.00. The third-order valence-corrected chi connectivity index (χ3v) is 2.18. The summed E-state index contributed by atoms with van der Waals surface area (Å²) in [6, 6.07) is 7.03. The predicted molar refractivity (Wildman–Crippen MR) is 62.6 cm³/mol. The van der Waals surface area contributed by atoms with Crippen LogP contribution >= 0.6 is 0 Å². The van der Waals surface area contributed by atoms with Gasteiger partial charge in [0.05, 0.1) is 5.69 Å². The van der Waals surface area contributed by atoms with E-state index in [1.54, 1.807) is 24.3 Å². The Kier molecular flexibility index (Phi) is 3.06. The van der Waals surface area contributed by atoms with E-state index in [-0.39, 0.29) is 0 Å². The van der Waals surface area contributed by atoms with Gasteiger partial charge in [-0.15, -0.1) is 0 Å². The van der Waals surface area contributed by atoms with E-state index in [0.29, 0.717) is 23.8 Å². The Labute approximate surface area is 97.6 Å². The van der Waals surface area contributed by atoms with Gasteiger partial charge in [-0.3, -0.25) is 4.79 Å². The highest BCUT2D eigenvalue weighted by Gasteiger charge is 2.04. The lowest BCUT2D eigenvalue weighted by molar-refractivity contribution is 0.100. The highest BCUT2D eigenvalue weighted by Crippen LogP contribution is 2.16. The molecule has 2 aromatic rings. The maximum Gasteiger partial charge on any atom is 0.299 e. The molecule has 1 aromatic carbocycles. The Morgan fingerprint density at radius 3 is 2.59 bits per heavy atom. The molecule has 0 aliphatic rings. The minimum absolute atomic E-state index is 0.325. The number of nitrogens with zero attached hydrogens (tertiary/aromatic N) is 1. The van der Waals surface area contributed by atoms with Crippen LogP contribution in [-0.4, -0.2) is 10.9 Å². The average Bonchev–Trinajstić information content (AvgIpc) is 2.77. The van der Waals surface area contributed by atoms with Gasteiger partial charge >= 0.3 is 0 Å². The minimum Gasteiger partial charge on any atom is -0.432 e. The van der Waals surface area contributed by atoms with Gasteiger partial charge in [-0.25, -0.2) is 0 Å². The Balaban J connectivity index is 2.10. The number of carbonyl (C=O) groups excluding carboxylic acids is 1. The normalized spacial score (nSPS) is 10.2. The first-order valence-electron chi connectivity index (χ1n) is 5.00. The zero-order valence-electron chi connectivity index (χ0n) is 9.01. The molecule has 2 rings (SSSR count). The molecule has 0 unspecified atom stereocenters. The molecule has 5 N–H and O–H groups in total. The number of carbonyl (C=O) groups is 1. The fourth-order valence-electron chi connectivity index (χ4n) is 1.30. The monoisotopic (exact) mass is 232 g/mol. The molecule has 17 heavy (non-hydrogen) atoms. The van der Waals surface area contributed by atoms with Gasteiger partial charge in [0.25, 0.3) is 6.01 Å². The number of oxazole rings is 1. The highest BCUT2D eigenvalue weighted by molar-refractivity contribution is 5.93. The van der Waals surface area contributed by atoms with Gasteiger partial charge < -0.3 is 21.2 Å². The van der Waals surface area contributed by atoms with E-state index in [1.807, 2.05) is 0 Å². The molecule has 0 spiro atoms. The second kappa shape index (κ2) is 4.67. The lowest BCUT2D eigenvalue weighted by Crippen LogP contribution is -2.10. The van der Waals surface area contributed by atoms with Crippen molar-refractivity contribution < 1.29 is 9.21 Å². The van der Waals surface area contributed by atoms with Crippen LogP contribution < -0.4 is 16.8 Å². The van der Waals surface area contributed by atoms with Gasteiger partial charge in [0.1, 0.15) is 6.26 Å². The zero-order chi connectivity index (χ0) is 12.3. The van der Waals surface area contributed by atoms with E-state index in [2.05, 4.69) is 10.3 Å². The molecule has 6 heteroatoms. The number of anilines is 2. The van der Waals surface area contributed by atoms with Gasteiger partial charge in [-0.2, -0.15) is 4.98 Å². The Morgan fingerprint density at radius 2 is 2.06 bits per heavy atom. The van der Waals surface area contributed by atoms with E-state index < -0.39 is 5.91 Å². The number of aromatic nitrogens is 1. The molecule has 0 bridgehead atoms. The number of nitrogens with two attached hydrogens (primary N) is 2. The fraction of sp³-hybridized carbons (Fsp3) is 0.0909. The maximum absolute atomic E-state index is 10.9. The average molecular weight is 232 g/mol. The Morgan fingerprint density at radius 1 is 1.35 bits per heavy atom. The van der Waals surface area contributed by atoms with E-state index in [9.17, 15) is 4.79 Å². The van der Waals surface area contributed by atoms with Crippen molar-refractivity contribution in [1.82, 2.24) is 4.98 Å². The fourth-order valence-corrected chi connectivity index (χ4v) is 1.30. The number of primary amides is 1. The van der Waals surface area contributed by atoms with Crippen LogP contribution in [0.5, 0.6) is 0 Å². The number of rotatable bonds is 4. The first kappa shape index (κ1) is 11.2. The van der Waals surface area contributed by atoms with Gasteiger partial charge in [0.15, 0.2) is 0 Å². The number of benzene rings is 1. The highest BCUT2D eigenvalue weighted by atomic mass is 16.4. The van der Waals surface area contributed by atoms with Crippen LogP contribution in [0, 0.1) is 0 Å². The van der Waals surface area contributed by atoms with Crippen LogP contribution in [0.2, 0.25) is 0 Å². The zero-order valence-corrected chi connectivity index (χ0v) is 9.01. The molecule has 0 atom stereocenters. The molecule has 1 heterocycles. The van der Waals surface area contributed by atoms with Gasteiger partial charge in [-0.05, 0) is 24.3 Å². The Bertz CT molecular complexity index is 519. The van der Waals surface area contributed by atoms with Crippen LogP contribution in [0.3, 0.4) is 0 Å². The second-order valence-corrected chi connectivity index (χ2v) is 3.41. The molecule has 0 radical (unpaired) electrons. The first-order chi connectivity index (χ1) is 8.19. The van der Waals surface area contributed by atoms with Crippen molar-refractivity contribution in [3.8, 4) is 0 Å². The summed E-state index contributed by atoms with van der Waals surface area (Å²) in [5.74, 6) is -0.460. The van der Waals surface area contributed by atoms with Crippen molar-refractivity contribution in [2.24, 2.45) is 11.5 Å². The molecule has 88 valence electrons. The van der Waals surface area contributed by atoms with Crippen LogP contribution in [0.4, 0.5) is 11.7 Å². The molecule has 1 amide bonds. The van der Waals surface area contributed by atoms with E-state index in [4.69, 9.17) is 15.9 Å². The number of nitrogens with one attached hydrogen (secondary N) is 1. The molecule has 0 saturated carbocycles. The molecule has 1 aromatic heterocycles. The summed E-state index contributed by atoms with van der Waals surface area (Å²) in [6.45, 7) is 0.325. The van der Waals surface area contributed by atoms with Crippen molar-refractivity contribution in [3.05, 3.63) is 41.8 Å². The van der Waals surface area contributed by atoms with Gasteiger partial charge in [0, 0.05) is 17.8 Å². The summed E-state index contributed by atoms with van der Waals surface area (Å²) in [5, 5.41) is 2.94. The van der Waals surface area contributed by atoms with Crippen molar-refractivity contribution in [2.45, 2.75) is 6.54 Å². The minimum atomic E-state index is -0.460. The van der Waals surface area contributed by atoms with Crippen molar-refractivity contribution in [3.63, 3.8) is 0 Å². The summed E-state index contributed by atoms with van der Waals surface area (Å²) >= 11 is 0. The molecule has 0 aliphatic heterocycles. The predicted octanol–water partition coefficient (Wildman–Crippen LogP) is 0.976. The molecular formula is C11H12N4O2. The lowest BCUT2D eigenvalue weighted by Gasteiger charge is -2.01. The SMILES string of the molecule is NCc1coc(Nc2ccc(C(N)=O)cc2)n1. The van der Waals surface area contributed by atoms with Crippen LogP contribution in [0.25, 0.3) is 0 Å². The van der Waals surface area contributed by atoms with Crippen molar-refractivity contribution in [2.75, 3.05) is 5.32 Å². The van der Waals surface area contributed by atoms with E-state index in [1.165, 1.54) is 6.26 Å². The van der Waals surface area contributed by atoms with Gasteiger partial charge in [-0.1, -0.05) is 0 Å². The molecule has 6 nitrogen and oxygen atoms in total. The summed E-state index contributed by atoms with van der Waals surface area (Å²) in [7, 11) is 0. The number of hydrogen-bond donors (Lipinski definition) is 3. The molecular weight excluding hydrogens is 220 g/mol. The topological polar surface area (TPSA) is 107 Å². The summed E-state index contributed by atoms with van der Waals surface area (Å²) in [6.07, 6.45) is 1.49. The van der Waals surface area contributed by atoms with Crippen molar-refractivity contribution >= 4 is 17.6 Å². The second-order valence-electron chi connectivity index (χ2n) is 3.41. The molecule has 0 saturated heterocycles. The number of hydrogen-bond acceptors (Lipinski definition) is 5. The third-order valence-electron chi connectivity index (χ3n) is 2.18. The van der Waals surface area contributed by atoms with Crippen LogP contribution in [0.15, 0.2) is 34.9 Å². The van der Waals surface area contributed by atoms with Gasteiger partial charge in [0.2, 0.25) is 5.91 Å². The molecule has 0 fully saturated rings. The maximum atomic E-state index is 10.9. The summed E-state index contributed by atoms with van der Waals surface area (Å²) < 4.78 is 5.14. The standard InChI is InChI=1S/C11H12N4O2/c12-5-9-6-17-11(15-9)14-8-3-1-7(2-4-8)10(13)16/h1-4,6H,5,12H2,(H2,13,16)(H,14,15). The summed E-state index contributed by atoms with van der Waals surface area (Å²) in [5.41, 5.74) is 12.4.